The topological polar surface area (TPSA) is 56.7 Å². The maximum atomic E-state index is 11.6. The van der Waals surface area contributed by atoms with Gasteiger partial charge in [-0.2, -0.15) is 0 Å². The average Bonchev–Trinajstić information content (AvgIpc) is 2.68. The van der Waals surface area contributed by atoms with Gasteiger partial charge in [-0.05, 0) is 71.2 Å². The summed E-state index contributed by atoms with van der Waals surface area (Å²) in [7, 11) is 6.17. The monoisotopic (exact) mass is 386 g/mol. The molecule has 0 radical (unpaired) electrons. The third-order valence-corrected chi connectivity index (χ3v) is 6.12. The van der Waals surface area contributed by atoms with Crippen LogP contribution in [0.5, 0.6) is 0 Å². The second kappa shape index (κ2) is 10.7. The maximum Gasteiger partial charge on any atom is 0.217 e. The predicted octanol–water partition coefficient (Wildman–Crippen LogP) is 3.25. The van der Waals surface area contributed by atoms with Gasteiger partial charge in [-0.25, -0.2) is 0 Å². The van der Waals surface area contributed by atoms with E-state index in [1.165, 1.54) is 28.9 Å². The van der Waals surface area contributed by atoms with Gasteiger partial charge in [-0.3, -0.25) is 14.7 Å². The summed E-state index contributed by atoms with van der Waals surface area (Å²) in [6.45, 7) is 6.82. The number of hydrogen-bond donors (Lipinski definition) is 2. The standard InChI is InChI=1S/C23H38N4O/c1-7-18-11-9-13-22(23(18)25-5)27(6)15-19(24-4)14-20-16(2)10-8-12-21(20)26-17(3)28/h7-8,10,19,21-22,24H,9,11-15H2,1-6H3,(H,26,28)/b18-7-,25-23+/t19?,21?,22-/m0/s1. The Balaban J connectivity index is 2.10. The molecular weight excluding hydrogens is 348 g/mol. The molecule has 0 bridgehead atoms. The van der Waals surface area contributed by atoms with Crippen LogP contribution in [0.15, 0.2) is 39.9 Å². The van der Waals surface area contributed by atoms with E-state index in [-0.39, 0.29) is 11.9 Å². The lowest BCUT2D eigenvalue weighted by Gasteiger charge is -2.36. The molecule has 1 fully saturated rings. The van der Waals surface area contributed by atoms with Crippen LogP contribution in [0, 0.1) is 0 Å². The second-order valence-electron chi connectivity index (χ2n) is 8.06. The molecule has 5 nitrogen and oxygen atoms in total. The quantitative estimate of drug-likeness (QED) is 0.706. The summed E-state index contributed by atoms with van der Waals surface area (Å²) >= 11 is 0. The molecule has 2 rings (SSSR count). The Labute approximate surface area is 171 Å². The summed E-state index contributed by atoms with van der Waals surface area (Å²) in [6, 6.07) is 0.820. The van der Waals surface area contributed by atoms with Crippen molar-refractivity contribution in [3.63, 3.8) is 0 Å². The fraction of sp³-hybridized carbons (Fsp3) is 0.652. The molecule has 0 saturated heterocycles. The number of rotatable bonds is 7. The molecule has 0 aromatic rings. The van der Waals surface area contributed by atoms with E-state index >= 15 is 0 Å². The van der Waals surface area contributed by atoms with Crippen LogP contribution in [-0.4, -0.2) is 62.3 Å². The van der Waals surface area contributed by atoms with E-state index in [1.54, 1.807) is 6.92 Å². The number of likely N-dealkylation sites (N-methyl/N-ethyl adjacent to an activating group) is 2. The van der Waals surface area contributed by atoms with E-state index in [0.29, 0.717) is 12.1 Å². The Morgan fingerprint density at radius 3 is 2.82 bits per heavy atom. The molecule has 0 spiro atoms. The minimum atomic E-state index is 0.0358. The first-order valence-electron chi connectivity index (χ1n) is 10.5. The summed E-state index contributed by atoms with van der Waals surface area (Å²) in [6.07, 6.45) is 11.9. The summed E-state index contributed by atoms with van der Waals surface area (Å²) in [4.78, 5) is 18.7. The van der Waals surface area contributed by atoms with Crippen molar-refractivity contribution in [1.29, 1.82) is 0 Å². The normalized spacial score (nSPS) is 27.0. The van der Waals surface area contributed by atoms with Crippen LogP contribution in [0.1, 0.15) is 52.9 Å². The largest absolute Gasteiger partial charge is 0.350 e. The minimum Gasteiger partial charge on any atom is -0.350 e. The third-order valence-electron chi connectivity index (χ3n) is 6.12. The van der Waals surface area contributed by atoms with Crippen LogP contribution in [0.2, 0.25) is 0 Å². The van der Waals surface area contributed by atoms with Crippen LogP contribution < -0.4 is 10.6 Å². The number of carbonyl (C=O) groups is 1. The number of nitrogens with one attached hydrogen (secondary N) is 2. The van der Waals surface area contributed by atoms with Crippen LogP contribution >= 0.6 is 0 Å². The summed E-state index contributed by atoms with van der Waals surface area (Å²) in [5, 5.41) is 6.63. The zero-order valence-electron chi connectivity index (χ0n) is 18.5. The predicted molar refractivity (Wildman–Crippen MR) is 119 cm³/mol. The molecule has 0 heterocycles. The first-order chi connectivity index (χ1) is 13.4. The van der Waals surface area contributed by atoms with Gasteiger partial charge in [0, 0.05) is 26.6 Å². The van der Waals surface area contributed by atoms with Crippen molar-refractivity contribution >= 4 is 11.6 Å². The van der Waals surface area contributed by atoms with Crippen LogP contribution in [-0.2, 0) is 4.79 Å². The average molecular weight is 387 g/mol. The van der Waals surface area contributed by atoms with Crippen LogP contribution in [0.25, 0.3) is 0 Å². The molecule has 2 N–H and O–H groups in total. The molecule has 0 aromatic heterocycles. The number of carbonyl (C=O) groups excluding carboxylic acids is 1. The second-order valence-corrected chi connectivity index (χ2v) is 8.06. The number of nitrogens with zero attached hydrogens (tertiary/aromatic N) is 2. The zero-order chi connectivity index (χ0) is 20.7. The van der Waals surface area contributed by atoms with Gasteiger partial charge in [0.2, 0.25) is 5.91 Å². The van der Waals surface area contributed by atoms with Gasteiger partial charge in [0.15, 0.2) is 0 Å². The van der Waals surface area contributed by atoms with Gasteiger partial charge in [0.05, 0.1) is 17.8 Å². The molecule has 156 valence electrons. The van der Waals surface area contributed by atoms with E-state index in [1.807, 2.05) is 14.1 Å². The van der Waals surface area contributed by atoms with Gasteiger partial charge in [-0.15, -0.1) is 0 Å². The Bertz CT molecular complexity index is 674. The lowest BCUT2D eigenvalue weighted by atomic mass is 9.86. The number of amides is 1. The lowest BCUT2D eigenvalue weighted by Crippen LogP contribution is -2.48. The van der Waals surface area contributed by atoms with Gasteiger partial charge in [0.25, 0.3) is 0 Å². The van der Waals surface area contributed by atoms with Crippen molar-refractivity contribution < 1.29 is 4.79 Å². The van der Waals surface area contributed by atoms with E-state index in [4.69, 9.17) is 0 Å². The van der Waals surface area contributed by atoms with E-state index in [9.17, 15) is 4.79 Å². The molecule has 28 heavy (non-hydrogen) atoms. The summed E-state index contributed by atoms with van der Waals surface area (Å²) < 4.78 is 0. The Morgan fingerprint density at radius 2 is 2.21 bits per heavy atom. The molecule has 0 aromatic carbocycles. The molecule has 2 aliphatic carbocycles. The van der Waals surface area contributed by atoms with Crippen LogP contribution in [0.3, 0.4) is 0 Å². The number of allylic oxidation sites excluding steroid dienone is 3. The Hall–Kier alpha value is -1.72. The fourth-order valence-electron chi connectivity index (χ4n) is 4.58. The number of aliphatic imine (C=N–C) groups is 1. The molecule has 2 unspecified atom stereocenters. The lowest BCUT2D eigenvalue weighted by molar-refractivity contribution is -0.119. The molecule has 1 saturated carbocycles. The zero-order valence-corrected chi connectivity index (χ0v) is 18.5. The Morgan fingerprint density at radius 1 is 1.46 bits per heavy atom. The van der Waals surface area contributed by atoms with Crippen molar-refractivity contribution in [3.8, 4) is 0 Å². The summed E-state index contributed by atoms with van der Waals surface area (Å²) in [5.74, 6) is 0.0358. The van der Waals surface area contributed by atoms with E-state index < -0.39 is 0 Å². The van der Waals surface area contributed by atoms with Gasteiger partial charge < -0.3 is 10.6 Å². The highest BCUT2D eigenvalue weighted by Gasteiger charge is 2.29. The molecule has 1 amide bonds. The fourth-order valence-corrected chi connectivity index (χ4v) is 4.58. The van der Waals surface area contributed by atoms with Crippen molar-refractivity contribution in [3.05, 3.63) is 34.9 Å². The highest BCUT2D eigenvalue weighted by Crippen LogP contribution is 2.27. The molecule has 3 atom stereocenters. The SMILES string of the molecule is C/C=C1/CCC[C@H](N(C)CC(CC2=C(C)C=CCC2NC(C)=O)NC)/C1=N/C. The van der Waals surface area contributed by atoms with Crippen molar-refractivity contribution in [2.45, 2.75) is 71.0 Å². The molecule has 0 aliphatic heterocycles. The van der Waals surface area contributed by atoms with Gasteiger partial charge in [0.1, 0.15) is 0 Å². The Kier molecular flexibility index (Phi) is 8.64. The smallest absolute Gasteiger partial charge is 0.217 e. The molecular formula is C23H38N4O. The van der Waals surface area contributed by atoms with Crippen molar-refractivity contribution in [2.24, 2.45) is 4.99 Å². The van der Waals surface area contributed by atoms with Gasteiger partial charge in [-0.1, -0.05) is 23.8 Å². The minimum absolute atomic E-state index is 0.0358. The first kappa shape index (κ1) is 22.6. The third kappa shape index (κ3) is 5.65. The highest BCUT2D eigenvalue weighted by molar-refractivity contribution is 6.04. The van der Waals surface area contributed by atoms with Crippen LogP contribution in [0.4, 0.5) is 0 Å². The van der Waals surface area contributed by atoms with Crippen molar-refractivity contribution in [1.82, 2.24) is 15.5 Å². The van der Waals surface area contributed by atoms with Crippen molar-refractivity contribution in [2.75, 3.05) is 27.7 Å². The van der Waals surface area contributed by atoms with E-state index in [2.05, 4.69) is 59.6 Å². The van der Waals surface area contributed by atoms with E-state index in [0.717, 1.165) is 32.2 Å². The first-order valence-corrected chi connectivity index (χ1v) is 10.5. The number of hydrogen-bond acceptors (Lipinski definition) is 4. The maximum absolute atomic E-state index is 11.6. The highest BCUT2D eigenvalue weighted by atomic mass is 16.1. The summed E-state index contributed by atoms with van der Waals surface area (Å²) in [5.41, 5.74) is 5.26. The van der Waals surface area contributed by atoms with Gasteiger partial charge >= 0.3 is 0 Å². The molecule has 2 aliphatic rings. The molecule has 5 heteroatoms.